The van der Waals surface area contributed by atoms with Crippen LogP contribution in [0.5, 0.6) is 12.0 Å². The summed E-state index contributed by atoms with van der Waals surface area (Å²) >= 11 is 0. The van der Waals surface area contributed by atoms with Crippen LogP contribution in [0.1, 0.15) is 0 Å². The third kappa shape index (κ3) is 7.38. The zero-order valence-corrected chi connectivity index (χ0v) is 15.1. The fourth-order valence-electron chi connectivity index (χ4n) is 1.90. The maximum Gasteiger partial charge on any atom is 0.434 e. The van der Waals surface area contributed by atoms with E-state index in [1.807, 2.05) is 5.32 Å². The molecule has 2 aromatic heterocycles. The minimum Gasteiger partial charge on any atom is -0.440 e. The van der Waals surface area contributed by atoms with Crippen molar-refractivity contribution in [3.8, 4) is 12.0 Å². The van der Waals surface area contributed by atoms with Gasteiger partial charge in [-0.05, 0) is 12.1 Å². The maximum absolute atomic E-state index is 12.7. The van der Waals surface area contributed by atoms with Crippen molar-refractivity contribution in [1.82, 2.24) is 19.9 Å². The summed E-state index contributed by atoms with van der Waals surface area (Å²) in [6.07, 6.45) is -32.5. The highest BCUT2D eigenvalue weighted by Gasteiger charge is 2.61. The van der Waals surface area contributed by atoms with E-state index in [1.165, 1.54) is 12.1 Å². The number of anilines is 2. The number of alkyl halides is 12. The standard InChI is InChI=1S/C14H7F12N5O2/c15-11(16,17)6(12(18,19)20)32-9-29-8(28-5-3-1-2-4-27-5)30-10(31-9)33-7(13(21,22)23)14(24,25)26/h1-4,6-7H,(H,27,28,29,30,31). The first-order valence-corrected chi connectivity index (χ1v) is 7.91. The molecule has 0 aromatic carbocycles. The lowest BCUT2D eigenvalue weighted by Crippen LogP contribution is -2.47. The van der Waals surface area contributed by atoms with Gasteiger partial charge in [-0.25, -0.2) is 4.98 Å². The Labute approximate surface area is 173 Å². The summed E-state index contributed by atoms with van der Waals surface area (Å²) in [5, 5.41) is 2.03. The molecule has 1 N–H and O–H groups in total. The number of ether oxygens (including phenoxy) is 2. The fraction of sp³-hybridized carbons (Fsp3) is 0.429. The van der Waals surface area contributed by atoms with Crippen LogP contribution >= 0.6 is 0 Å². The Morgan fingerprint density at radius 3 is 1.39 bits per heavy atom. The quantitative estimate of drug-likeness (QED) is 0.568. The van der Waals surface area contributed by atoms with Gasteiger partial charge < -0.3 is 14.8 Å². The van der Waals surface area contributed by atoms with E-state index >= 15 is 0 Å². The highest BCUT2D eigenvalue weighted by atomic mass is 19.4. The minimum absolute atomic E-state index is 0.257. The molecule has 2 heterocycles. The number of aromatic nitrogens is 4. The Hall–Kier alpha value is -3.28. The molecule has 0 atom stereocenters. The van der Waals surface area contributed by atoms with E-state index in [9.17, 15) is 52.7 Å². The number of hydrogen-bond acceptors (Lipinski definition) is 7. The predicted octanol–water partition coefficient (Wildman–Crippen LogP) is 4.75. The first-order chi connectivity index (χ1) is 14.9. The molecule has 0 saturated carbocycles. The molecule has 0 fully saturated rings. The van der Waals surface area contributed by atoms with Gasteiger partial charge in [-0.15, -0.1) is 4.98 Å². The number of nitrogens with zero attached hydrogens (tertiary/aromatic N) is 4. The highest BCUT2D eigenvalue weighted by molar-refractivity contribution is 5.47. The zero-order valence-electron chi connectivity index (χ0n) is 15.1. The third-order valence-electron chi connectivity index (χ3n) is 3.13. The van der Waals surface area contributed by atoms with Crippen molar-refractivity contribution in [1.29, 1.82) is 0 Å². The molecule has 2 rings (SSSR count). The summed E-state index contributed by atoms with van der Waals surface area (Å²) in [6, 6.07) is -0.0935. The van der Waals surface area contributed by atoms with Gasteiger partial charge in [-0.3, -0.25) is 0 Å². The van der Waals surface area contributed by atoms with Gasteiger partial charge in [-0.2, -0.15) is 62.7 Å². The Morgan fingerprint density at radius 1 is 0.636 bits per heavy atom. The molecule has 7 nitrogen and oxygen atoms in total. The third-order valence-corrected chi connectivity index (χ3v) is 3.13. The number of pyridine rings is 1. The van der Waals surface area contributed by atoms with E-state index in [2.05, 4.69) is 29.4 Å². The summed E-state index contributed by atoms with van der Waals surface area (Å²) in [6.45, 7) is 0. The fourth-order valence-corrected chi connectivity index (χ4v) is 1.90. The van der Waals surface area contributed by atoms with Crippen LogP contribution in [0.25, 0.3) is 0 Å². The molecule has 19 heteroatoms. The second kappa shape index (κ2) is 8.93. The lowest BCUT2D eigenvalue weighted by atomic mass is 10.3. The van der Waals surface area contributed by atoms with Crippen LogP contribution in [0.15, 0.2) is 24.4 Å². The number of nitrogens with one attached hydrogen (secondary N) is 1. The van der Waals surface area contributed by atoms with Crippen molar-refractivity contribution in [2.45, 2.75) is 36.9 Å². The van der Waals surface area contributed by atoms with Crippen molar-refractivity contribution in [2.24, 2.45) is 0 Å². The second-order valence-corrected chi connectivity index (χ2v) is 5.73. The van der Waals surface area contributed by atoms with Crippen LogP contribution in [0.2, 0.25) is 0 Å². The minimum atomic E-state index is -6.11. The van der Waals surface area contributed by atoms with Gasteiger partial charge in [0.05, 0.1) is 0 Å². The summed E-state index contributed by atoms with van der Waals surface area (Å²) in [5.74, 6) is -1.40. The smallest absolute Gasteiger partial charge is 0.434 e. The number of hydrogen-bond donors (Lipinski definition) is 1. The van der Waals surface area contributed by atoms with E-state index in [0.717, 1.165) is 12.3 Å². The topological polar surface area (TPSA) is 82.0 Å². The normalized spacial score (nSPS) is 13.4. The molecule has 0 aliphatic rings. The van der Waals surface area contributed by atoms with Crippen molar-refractivity contribution in [2.75, 3.05) is 5.32 Å². The Bertz CT molecular complexity index is 849. The molecule has 0 aliphatic heterocycles. The van der Waals surface area contributed by atoms with E-state index < -0.39 is 54.9 Å². The average Bonchev–Trinajstić information content (AvgIpc) is 2.61. The Morgan fingerprint density at radius 2 is 1.06 bits per heavy atom. The van der Waals surface area contributed by atoms with Gasteiger partial charge in [0.2, 0.25) is 5.95 Å². The molecule has 0 amide bonds. The van der Waals surface area contributed by atoms with Crippen molar-refractivity contribution >= 4 is 11.8 Å². The molecule has 0 spiro atoms. The predicted molar refractivity (Wildman–Crippen MR) is 80.4 cm³/mol. The van der Waals surface area contributed by atoms with Crippen molar-refractivity contribution in [3.05, 3.63) is 24.4 Å². The Kier molecular flexibility index (Phi) is 7.03. The molecule has 33 heavy (non-hydrogen) atoms. The van der Waals surface area contributed by atoms with E-state index in [-0.39, 0.29) is 5.82 Å². The van der Waals surface area contributed by atoms with Gasteiger partial charge in [-0.1, -0.05) is 6.07 Å². The van der Waals surface area contributed by atoms with Crippen LogP contribution in [-0.4, -0.2) is 56.8 Å². The van der Waals surface area contributed by atoms with Crippen LogP contribution in [0.3, 0.4) is 0 Å². The van der Waals surface area contributed by atoms with Gasteiger partial charge in [0.15, 0.2) is 0 Å². The van der Waals surface area contributed by atoms with E-state index in [1.54, 1.807) is 0 Å². The van der Waals surface area contributed by atoms with Crippen LogP contribution in [0, 0.1) is 0 Å². The molecule has 0 saturated heterocycles. The SMILES string of the molecule is FC(F)(F)C(Oc1nc(Nc2ccccn2)nc(OC(C(F)(F)F)C(F)(F)F)n1)C(F)(F)F. The first-order valence-electron chi connectivity index (χ1n) is 7.91. The summed E-state index contributed by atoms with van der Waals surface area (Å²) in [5.41, 5.74) is 0. The van der Waals surface area contributed by atoms with Crippen LogP contribution in [0.4, 0.5) is 64.5 Å². The molecular weight excluding hydrogens is 498 g/mol. The molecule has 0 unspecified atom stereocenters. The molecule has 0 aliphatic carbocycles. The molecule has 0 bridgehead atoms. The van der Waals surface area contributed by atoms with E-state index in [0.29, 0.717) is 0 Å². The second-order valence-electron chi connectivity index (χ2n) is 5.73. The summed E-state index contributed by atoms with van der Waals surface area (Å²) in [7, 11) is 0. The lowest BCUT2D eigenvalue weighted by Gasteiger charge is -2.24. The zero-order chi connectivity index (χ0) is 25.2. The molecule has 2 aromatic rings. The lowest BCUT2D eigenvalue weighted by molar-refractivity contribution is -0.302. The van der Waals surface area contributed by atoms with Crippen LogP contribution < -0.4 is 14.8 Å². The summed E-state index contributed by atoms with van der Waals surface area (Å²) in [4.78, 5) is 12.2. The van der Waals surface area contributed by atoms with Gasteiger partial charge in [0, 0.05) is 6.20 Å². The molecular formula is C14H7F12N5O2. The molecule has 0 radical (unpaired) electrons. The monoisotopic (exact) mass is 505 g/mol. The van der Waals surface area contributed by atoms with Gasteiger partial charge >= 0.3 is 36.7 Å². The summed E-state index contributed by atoms with van der Waals surface area (Å²) < 4.78 is 160. The number of halogens is 12. The highest BCUT2D eigenvalue weighted by Crippen LogP contribution is 2.38. The maximum atomic E-state index is 12.7. The number of rotatable bonds is 6. The van der Waals surface area contributed by atoms with Gasteiger partial charge in [0.1, 0.15) is 5.82 Å². The van der Waals surface area contributed by atoms with Crippen molar-refractivity contribution in [3.63, 3.8) is 0 Å². The van der Waals surface area contributed by atoms with Gasteiger partial charge in [0.25, 0.3) is 12.2 Å². The first kappa shape index (κ1) is 26.0. The largest absolute Gasteiger partial charge is 0.440 e. The van der Waals surface area contributed by atoms with E-state index in [4.69, 9.17) is 0 Å². The Balaban J connectivity index is 2.52. The average molecular weight is 505 g/mol. The van der Waals surface area contributed by atoms with Crippen molar-refractivity contribution < 1.29 is 62.2 Å². The van der Waals surface area contributed by atoms with Crippen LogP contribution in [-0.2, 0) is 0 Å². The molecule has 184 valence electrons.